The fraction of sp³-hybridized carbons (Fsp3) is 0.0952. The molecule has 6 nitrogen and oxygen atoms in total. The standard InChI is InChI=1S/C21H16F2N4O2/c1-12-7-8-27-19(12)21(24-11-25-27)29-18-6-4-15(10-17(18)23)26-20(28)14-3-5-16(22)13(2)9-14/h3-11H,1-2H3,(H,26,28). The Morgan fingerprint density at radius 3 is 2.62 bits per heavy atom. The van der Waals surface area contributed by atoms with Gasteiger partial charge in [0.2, 0.25) is 5.88 Å². The summed E-state index contributed by atoms with van der Waals surface area (Å²) in [6.07, 6.45) is 3.07. The number of aromatic nitrogens is 3. The van der Waals surface area contributed by atoms with E-state index in [0.717, 1.165) is 11.6 Å². The van der Waals surface area contributed by atoms with Crippen molar-refractivity contribution in [2.45, 2.75) is 13.8 Å². The lowest BCUT2D eigenvalue weighted by molar-refractivity contribution is 0.102. The Kier molecular flexibility index (Phi) is 4.67. The maximum atomic E-state index is 14.6. The second-order valence-electron chi connectivity index (χ2n) is 6.52. The van der Waals surface area contributed by atoms with Crippen molar-refractivity contribution >= 4 is 17.1 Å². The highest BCUT2D eigenvalue weighted by molar-refractivity contribution is 6.04. The van der Waals surface area contributed by atoms with Crippen LogP contribution in [0, 0.1) is 25.5 Å². The molecule has 0 atom stereocenters. The summed E-state index contributed by atoms with van der Waals surface area (Å²) in [7, 11) is 0. The summed E-state index contributed by atoms with van der Waals surface area (Å²) in [6, 6.07) is 9.92. The third-order valence-electron chi connectivity index (χ3n) is 4.44. The van der Waals surface area contributed by atoms with Crippen molar-refractivity contribution in [3.63, 3.8) is 0 Å². The molecule has 0 unspecified atom stereocenters. The van der Waals surface area contributed by atoms with E-state index >= 15 is 0 Å². The van der Waals surface area contributed by atoms with Crippen LogP contribution < -0.4 is 10.1 Å². The molecule has 146 valence electrons. The Bertz CT molecular complexity index is 1240. The Labute approximate surface area is 164 Å². The van der Waals surface area contributed by atoms with E-state index in [1.54, 1.807) is 17.6 Å². The van der Waals surface area contributed by atoms with Crippen LogP contribution >= 0.6 is 0 Å². The van der Waals surface area contributed by atoms with Gasteiger partial charge in [-0.15, -0.1) is 0 Å². The maximum Gasteiger partial charge on any atom is 0.255 e. The van der Waals surface area contributed by atoms with E-state index in [4.69, 9.17) is 4.74 Å². The summed E-state index contributed by atoms with van der Waals surface area (Å²) in [5.41, 5.74) is 2.39. The number of nitrogens with zero attached hydrogens (tertiary/aromatic N) is 3. The van der Waals surface area contributed by atoms with Crippen molar-refractivity contribution in [2.75, 3.05) is 5.32 Å². The number of carbonyl (C=O) groups is 1. The molecule has 0 fully saturated rings. The molecule has 2 aromatic carbocycles. The number of rotatable bonds is 4. The van der Waals surface area contributed by atoms with Crippen LogP contribution in [0.1, 0.15) is 21.5 Å². The van der Waals surface area contributed by atoms with Crippen LogP contribution in [-0.2, 0) is 0 Å². The summed E-state index contributed by atoms with van der Waals surface area (Å²) >= 11 is 0. The first-order valence-electron chi connectivity index (χ1n) is 8.76. The smallest absolute Gasteiger partial charge is 0.255 e. The first-order valence-corrected chi connectivity index (χ1v) is 8.76. The lowest BCUT2D eigenvalue weighted by atomic mass is 10.1. The summed E-state index contributed by atoms with van der Waals surface area (Å²) in [6.45, 7) is 3.44. The second kappa shape index (κ2) is 7.31. The van der Waals surface area contributed by atoms with Gasteiger partial charge in [-0.25, -0.2) is 13.3 Å². The minimum atomic E-state index is -0.668. The Morgan fingerprint density at radius 2 is 1.86 bits per heavy atom. The van der Waals surface area contributed by atoms with Gasteiger partial charge in [-0.1, -0.05) is 0 Å². The van der Waals surface area contributed by atoms with E-state index in [-0.39, 0.29) is 22.9 Å². The molecule has 0 saturated heterocycles. The van der Waals surface area contributed by atoms with E-state index in [1.807, 2.05) is 13.0 Å². The predicted molar refractivity (Wildman–Crippen MR) is 103 cm³/mol. The van der Waals surface area contributed by atoms with Crippen molar-refractivity contribution in [1.29, 1.82) is 0 Å². The van der Waals surface area contributed by atoms with Gasteiger partial charge in [-0.05, 0) is 61.4 Å². The molecule has 2 heterocycles. The number of hydrogen-bond acceptors (Lipinski definition) is 4. The van der Waals surface area contributed by atoms with Gasteiger partial charge in [0.1, 0.15) is 17.7 Å². The molecule has 0 spiro atoms. The van der Waals surface area contributed by atoms with E-state index in [1.165, 1.54) is 36.7 Å². The molecule has 8 heteroatoms. The zero-order valence-electron chi connectivity index (χ0n) is 15.6. The number of halogens is 2. The van der Waals surface area contributed by atoms with Crippen LogP contribution in [0.4, 0.5) is 14.5 Å². The van der Waals surface area contributed by atoms with Crippen LogP contribution in [0.2, 0.25) is 0 Å². The summed E-state index contributed by atoms with van der Waals surface area (Å²) in [5.74, 6) is -1.35. The molecular formula is C21H16F2N4O2. The number of benzene rings is 2. The van der Waals surface area contributed by atoms with Gasteiger partial charge in [-0.3, -0.25) is 4.79 Å². The quantitative estimate of drug-likeness (QED) is 0.546. The molecule has 0 aliphatic heterocycles. The molecule has 29 heavy (non-hydrogen) atoms. The van der Waals surface area contributed by atoms with Gasteiger partial charge in [0.15, 0.2) is 11.6 Å². The minimum Gasteiger partial charge on any atom is -0.434 e. The first-order chi connectivity index (χ1) is 13.9. The van der Waals surface area contributed by atoms with E-state index < -0.39 is 17.5 Å². The molecule has 4 aromatic rings. The zero-order chi connectivity index (χ0) is 20.5. The average molecular weight is 394 g/mol. The Hall–Kier alpha value is -3.81. The van der Waals surface area contributed by atoms with Crippen LogP contribution in [-0.4, -0.2) is 20.5 Å². The van der Waals surface area contributed by atoms with E-state index in [0.29, 0.717) is 11.1 Å². The van der Waals surface area contributed by atoms with E-state index in [9.17, 15) is 13.6 Å². The molecule has 0 radical (unpaired) electrons. The molecular weight excluding hydrogens is 378 g/mol. The molecule has 1 N–H and O–H groups in total. The molecule has 4 rings (SSSR count). The van der Waals surface area contributed by atoms with Gasteiger partial charge < -0.3 is 10.1 Å². The third kappa shape index (κ3) is 3.64. The molecule has 0 aliphatic rings. The average Bonchev–Trinajstić information content (AvgIpc) is 3.08. The Balaban J connectivity index is 1.55. The number of ether oxygens (including phenoxy) is 1. The number of aryl methyl sites for hydroxylation is 2. The summed E-state index contributed by atoms with van der Waals surface area (Å²) in [5, 5.41) is 6.66. The number of nitrogens with one attached hydrogen (secondary N) is 1. The molecule has 0 aliphatic carbocycles. The molecule has 2 aromatic heterocycles. The van der Waals surface area contributed by atoms with Gasteiger partial charge in [0.25, 0.3) is 5.91 Å². The number of carbonyl (C=O) groups excluding carboxylic acids is 1. The normalized spacial score (nSPS) is 10.9. The van der Waals surface area contributed by atoms with E-state index in [2.05, 4.69) is 15.4 Å². The van der Waals surface area contributed by atoms with Gasteiger partial charge in [-0.2, -0.15) is 10.1 Å². The lowest BCUT2D eigenvalue weighted by Gasteiger charge is -2.10. The number of anilines is 1. The molecule has 0 saturated carbocycles. The van der Waals surface area contributed by atoms with Crippen molar-refractivity contribution in [1.82, 2.24) is 14.6 Å². The molecule has 0 bridgehead atoms. The van der Waals surface area contributed by atoms with Crippen molar-refractivity contribution < 1.29 is 18.3 Å². The highest BCUT2D eigenvalue weighted by atomic mass is 19.1. The summed E-state index contributed by atoms with van der Waals surface area (Å²) in [4.78, 5) is 16.4. The van der Waals surface area contributed by atoms with Crippen LogP contribution in [0.5, 0.6) is 11.6 Å². The lowest BCUT2D eigenvalue weighted by Crippen LogP contribution is -2.12. The fourth-order valence-electron chi connectivity index (χ4n) is 2.90. The number of amides is 1. The number of fused-ring (bicyclic) bond motifs is 1. The highest BCUT2D eigenvalue weighted by Gasteiger charge is 2.14. The van der Waals surface area contributed by atoms with Crippen molar-refractivity contribution in [2.24, 2.45) is 0 Å². The second-order valence-corrected chi connectivity index (χ2v) is 6.52. The van der Waals surface area contributed by atoms with Gasteiger partial charge >= 0.3 is 0 Å². The largest absolute Gasteiger partial charge is 0.434 e. The first kappa shape index (κ1) is 18.5. The van der Waals surface area contributed by atoms with Gasteiger partial charge in [0, 0.05) is 23.5 Å². The highest BCUT2D eigenvalue weighted by Crippen LogP contribution is 2.29. The minimum absolute atomic E-state index is 0.0400. The van der Waals surface area contributed by atoms with Crippen LogP contribution in [0.15, 0.2) is 55.0 Å². The molecule has 1 amide bonds. The third-order valence-corrected chi connectivity index (χ3v) is 4.44. The van der Waals surface area contributed by atoms with Crippen molar-refractivity contribution in [3.8, 4) is 11.6 Å². The Morgan fingerprint density at radius 1 is 1.03 bits per heavy atom. The monoisotopic (exact) mass is 394 g/mol. The SMILES string of the molecule is Cc1cc(C(=O)Nc2ccc(Oc3ncnn4ccc(C)c34)c(F)c2)ccc1F. The predicted octanol–water partition coefficient (Wildman–Crippen LogP) is 4.67. The van der Waals surface area contributed by atoms with Crippen LogP contribution in [0.25, 0.3) is 5.52 Å². The topological polar surface area (TPSA) is 68.5 Å². The van der Waals surface area contributed by atoms with Crippen LogP contribution in [0.3, 0.4) is 0 Å². The maximum absolute atomic E-state index is 14.6. The summed E-state index contributed by atoms with van der Waals surface area (Å²) < 4.78 is 35.1. The zero-order valence-corrected chi connectivity index (χ0v) is 15.6. The van der Waals surface area contributed by atoms with Gasteiger partial charge in [0.05, 0.1) is 0 Å². The van der Waals surface area contributed by atoms with Crippen molar-refractivity contribution in [3.05, 3.63) is 83.3 Å². The number of hydrogen-bond donors (Lipinski definition) is 1. The fourth-order valence-corrected chi connectivity index (χ4v) is 2.90.